The number of hydrogen-bond acceptors (Lipinski definition) is 6. The first-order valence-electron chi connectivity index (χ1n) is 8.57. The second-order valence-corrected chi connectivity index (χ2v) is 6.45. The second kappa shape index (κ2) is 10.2. The molecule has 0 aliphatic carbocycles. The van der Waals surface area contributed by atoms with Gasteiger partial charge in [0.05, 0.1) is 18.0 Å². The van der Waals surface area contributed by atoms with Crippen molar-refractivity contribution in [2.75, 3.05) is 6.61 Å². The van der Waals surface area contributed by atoms with Crippen molar-refractivity contribution in [2.24, 2.45) is 5.92 Å². The summed E-state index contributed by atoms with van der Waals surface area (Å²) >= 11 is 0. The van der Waals surface area contributed by atoms with Gasteiger partial charge in [0.25, 0.3) is 5.69 Å². The Bertz CT molecular complexity index is 685. The van der Waals surface area contributed by atoms with Crippen LogP contribution in [-0.4, -0.2) is 40.5 Å². The number of nitrogens with one attached hydrogen (secondary N) is 1. The van der Waals surface area contributed by atoms with E-state index in [1.807, 2.05) is 13.8 Å². The number of carbonyl (C=O) groups is 3. The third-order valence-electron chi connectivity index (χ3n) is 3.80. The van der Waals surface area contributed by atoms with E-state index in [-0.39, 0.29) is 31.1 Å². The number of nitrogens with zero attached hydrogens (tertiary/aromatic N) is 1. The maximum Gasteiger partial charge on any atom is 0.326 e. The van der Waals surface area contributed by atoms with Crippen LogP contribution in [-0.2, 0) is 19.1 Å². The zero-order chi connectivity index (χ0) is 20.6. The zero-order valence-corrected chi connectivity index (χ0v) is 15.5. The van der Waals surface area contributed by atoms with Crippen molar-refractivity contribution in [3.05, 3.63) is 39.9 Å². The smallest absolute Gasteiger partial charge is 0.326 e. The average molecular weight is 380 g/mol. The Morgan fingerprint density at radius 2 is 1.78 bits per heavy atom. The molecule has 2 atom stereocenters. The number of carboxylic acids is 1. The molecule has 0 spiro atoms. The largest absolute Gasteiger partial charge is 0.480 e. The van der Waals surface area contributed by atoms with Crippen molar-refractivity contribution in [1.29, 1.82) is 0 Å². The zero-order valence-electron chi connectivity index (χ0n) is 15.5. The molecule has 0 aromatic heterocycles. The first kappa shape index (κ1) is 22.1. The van der Waals surface area contributed by atoms with Crippen LogP contribution in [0.4, 0.5) is 5.69 Å². The molecule has 1 aromatic rings. The van der Waals surface area contributed by atoms with Gasteiger partial charge in [-0.25, -0.2) is 4.79 Å². The quantitative estimate of drug-likeness (QED) is 0.361. The number of aliphatic carboxylic acids is 1. The van der Waals surface area contributed by atoms with Crippen LogP contribution in [0.5, 0.6) is 0 Å². The number of carboxylic acid groups (broad SMARTS) is 1. The van der Waals surface area contributed by atoms with Gasteiger partial charge >= 0.3 is 11.9 Å². The number of nitro benzene ring substituents is 1. The van der Waals surface area contributed by atoms with Gasteiger partial charge in [0.2, 0.25) is 5.91 Å². The van der Waals surface area contributed by atoms with Crippen LogP contribution in [0.2, 0.25) is 0 Å². The van der Waals surface area contributed by atoms with Crippen LogP contribution in [0.25, 0.3) is 0 Å². The first-order valence-corrected chi connectivity index (χ1v) is 8.57. The number of rotatable bonds is 10. The highest BCUT2D eigenvalue weighted by atomic mass is 16.6. The maximum atomic E-state index is 12.1. The molecule has 0 saturated heterocycles. The van der Waals surface area contributed by atoms with E-state index in [9.17, 15) is 29.6 Å². The highest BCUT2D eigenvalue weighted by Crippen LogP contribution is 2.27. The Balaban J connectivity index is 3.19. The normalized spacial score (nSPS) is 12.9. The number of benzene rings is 1. The SMILES string of the molecule is CCOC(=O)C[C@@H](c1ccc([N+](=O)[O-])cc1)[C@H](NC(=O)CC(C)C)C(=O)O. The van der Waals surface area contributed by atoms with Crippen molar-refractivity contribution in [1.82, 2.24) is 5.32 Å². The van der Waals surface area contributed by atoms with Crippen LogP contribution in [0.3, 0.4) is 0 Å². The summed E-state index contributed by atoms with van der Waals surface area (Å²) in [6, 6.07) is 3.84. The van der Waals surface area contributed by atoms with E-state index >= 15 is 0 Å². The second-order valence-electron chi connectivity index (χ2n) is 6.45. The predicted molar refractivity (Wildman–Crippen MR) is 96.1 cm³/mol. The minimum Gasteiger partial charge on any atom is -0.480 e. The van der Waals surface area contributed by atoms with E-state index in [1.165, 1.54) is 24.3 Å². The molecule has 1 amide bonds. The Hall–Kier alpha value is -2.97. The van der Waals surface area contributed by atoms with Gasteiger partial charge in [0.15, 0.2) is 0 Å². The minimum absolute atomic E-state index is 0.0299. The fourth-order valence-corrected chi connectivity index (χ4v) is 2.61. The molecule has 1 aromatic carbocycles. The molecule has 2 N–H and O–H groups in total. The number of hydrogen-bond donors (Lipinski definition) is 2. The summed E-state index contributed by atoms with van der Waals surface area (Å²) in [5.41, 5.74) is 0.218. The molecule has 0 heterocycles. The molecule has 0 aliphatic heterocycles. The topological polar surface area (TPSA) is 136 Å². The summed E-state index contributed by atoms with van der Waals surface area (Å²) in [5.74, 6) is -3.28. The highest BCUT2D eigenvalue weighted by Gasteiger charge is 2.33. The Kier molecular flexibility index (Phi) is 8.37. The molecule has 0 saturated carbocycles. The molecule has 0 aliphatic rings. The summed E-state index contributed by atoms with van der Waals surface area (Å²) in [6.45, 7) is 5.39. The number of nitro groups is 1. The van der Waals surface area contributed by atoms with Crippen LogP contribution in [0, 0.1) is 16.0 Å². The Labute approximate surface area is 156 Å². The van der Waals surface area contributed by atoms with Crippen molar-refractivity contribution in [2.45, 2.75) is 45.6 Å². The highest BCUT2D eigenvalue weighted by molar-refractivity contribution is 5.85. The average Bonchev–Trinajstić information content (AvgIpc) is 2.57. The van der Waals surface area contributed by atoms with Crippen molar-refractivity contribution >= 4 is 23.5 Å². The molecule has 27 heavy (non-hydrogen) atoms. The number of non-ortho nitro benzene ring substituents is 1. The third kappa shape index (κ3) is 7.04. The van der Waals surface area contributed by atoms with Crippen LogP contribution in [0.1, 0.15) is 45.1 Å². The fourth-order valence-electron chi connectivity index (χ4n) is 2.61. The molecule has 0 unspecified atom stereocenters. The van der Waals surface area contributed by atoms with Gasteiger partial charge in [-0.05, 0) is 18.4 Å². The fraction of sp³-hybridized carbons (Fsp3) is 0.500. The molecular weight excluding hydrogens is 356 g/mol. The monoisotopic (exact) mass is 380 g/mol. The molecule has 0 radical (unpaired) electrons. The summed E-state index contributed by atoms with van der Waals surface area (Å²) in [4.78, 5) is 46.0. The van der Waals surface area contributed by atoms with Crippen LogP contribution >= 0.6 is 0 Å². The Morgan fingerprint density at radius 1 is 1.19 bits per heavy atom. The Morgan fingerprint density at radius 3 is 2.22 bits per heavy atom. The van der Waals surface area contributed by atoms with Gasteiger partial charge in [-0.2, -0.15) is 0 Å². The van der Waals surface area contributed by atoms with Gasteiger partial charge in [0, 0.05) is 24.5 Å². The lowest BCUT2D eigenvalue weighted by atomic mass is 9.88. The minimum atomic E-state index is -1.37. The maximum absolute atomic E-state index is 12.1. The van der Waals surface area contributed by atoms with Crippen LogP contribution < -0.4 is 5.32 Å². The predicted octanol–water partition coefficient (Wildman–Crippen LogP) is 2.25. The lowest BCUT2D eigenvalue weighted by Gasteiger charge is -2.25. The van der Waals surface area contributed by atoms with Gasteiger partial charge in [-0.3, -0.25) is 19.7 Å². The van der Waals surface area contributed by atoms with E-state index in [1.54, 1.807) is 6.92 Å². The van der Waals surface area contributed by atoms with Gasteiger partial charge in [-0.1, -0.05) is 26.0 Å². The first-order chi connectivity index (χ1) is 12.6. The summed E-state index contributed by atoms with van der Waals surface area (Å²) in [7, 11) is 0. The van der Waals surface area contributed by atoms with Gasteiger partial charge < -0.3 is 15.2 Å². The van der Waals surface area contributed by atoms with E-state index in [2.05, 4.69) is 5.32 Å². The number of esters is 1. The van der Waals surface area contributed by atoms with Gasteiger partial charge in [-0.15, -0.1) is 0 Å². The van der Waals surface area contributed by atoms with Gasteiger partial charge in [0.1, 0.15) is 6.04 Å². The number of carbonyl (C=O) groups excluding carboxylic acids is 2. The van der Waals surface area contributed by atoms with Crippen molar-refractivity contribution in [3.8, 4) is 0 Å². The summed E-state index contributed by atoms with van der Waals surface area (Å²) in [5, 5.41) is 22.9. The van der Waals surface area contributed by atoms with Crippen molar-refractivity contribution in [3.63, 3.8) is 0 Å². The third-order valence-corrected chi connectivity index (χ3v) is 3.80. The standard InChI is InChI=1S/C18H24N2O7/c1-4-27-16(22)10-14(12-5-7-13(8-6-12)20(25)26)17(18(23)24)19-15(21)9-11(2)3/h5-8,11,14,17H,4,9-10H2,1-3H3,(H,19,21)(H,23,24)/t14-,17-/m0/s1. The lowest BCUT2D eigenvalue weighted by molar-refractivity contribution is -0.384. The molecule has 9 heteroatoms. The van der Waals surface area contributed by atoms with Crippen LogP contribution in [0.15, 0.2) is 24.3 Å². The lowest BCUT2D eigenvalue weighted by Crippen LogP contribution is -2.46. The molecular formula is C18H24N2O7. The summed E-state index contributed by atoms with van der Waals surface area (Å²) < 4.78 is 4.90. The number of amides is 1. The van der Waals surface area contributed by atoms with E-state index < -0.39 is 34.7 Å². The molecule has 0 bridgehead atoms. The van der Waals surface area contributed by atoms with E-state index in [0.717, 1.165) is 0 Å². The van der Waals surface area contributed by atoms with Crippen molar-refractivity contribution < 1.29 is 29.2 Å². The number of ether oxygens (including phenoxy) is 1. The molecule has 1 rings (SSSR count). The molecule has 148 valence electrons. The van der Waals surface area contributed by atoms with E-state index in [0.29, 0.717) is 5.56 Å². The molecule has 9 nitrogen and oxygen atoms in total. The summed E-state index contributed by atoms with van der Waals surface area (Å²) in [6.07, 6.45) is -0.152. The molecule has 0 fully saturated rings. The van der Waals surface area contributed by atoms with E-state index in [4.69, 9.17) is 4.74 Å².